The highest BCUT2D eigenvalue weighted by Gasteiger charge is 2.19. The van der Waals surface area contributed by atoms with Gasteiger partial charge in [0, 0.05) is 19.3 Å². The Labute approximate surface area is 365 Å². The van der Waals surface area contributed by atoms with Gasteiger partial charge in [0.1, 0.15) is 13.2 Å². The summed E-state index contributed by atoms with van der Waals surface area (Å²) in [5.41, 5.74) is 0. The molecule has 0 aliphatic rings. The monoisotopic (exact) mass is 829 g/mol. The van der Waals surface area contributed by atoms with Gasteiger partial charge in [0.15, 0.2) is 6.10 Å². The number of carbonyl (C=O) groups is 3. The van der Waals surface area contributed by atoms with Gasteiger partial charge >= 0.3 is 17.9 Å². The standard InChI is InChI=1S/C53H96O6/c1-4-7-10-13-16-19-22-25-26-27-28-29-32-35-38-41-44-47-53(56)59-50(48-57-51(54)45-42-39-36-33-30-23-20-17-14-11-8-5-2)49-58-52(55)46-43-40-37-34-31-24-21-18-15-12-9-6-3/h16,19,25-26,28-29,50H,4-15,17-18,20-24,27,30-49H2,1-3H3/b19-16-,26-25-,29-28-. The van der Waals surface area contributed by atoms with E-state index in [1.807, 2.05) is 0 Å². The summed E-state index contributed by atoms with van der Waals surface area (Å²) in [6, 6.07) is 0. The van der Waals surface area contributed by atoms with Crippen molar-refractivity contribution in [3.05, 3.63) is 36.5 Å². The van der Waals surface area contributed by atoms with E-state index in [2.05, 4.69) is 57.2 Å². The fraction of sp³-hybridized carbons (Fsp3) is 0.830. The third-order valence-corrected chi connectivity index (χ3v) is 11.1. The molecule has 6 nitrogen and oxygen atoms in total. The number of hydrogen-bond donors (Lipinski definition) is 0. The molecule has 0 aromatic heterocycles. The SMILES string of the molecule is CCCCC/C=C\C/C=C\C/C=C\CCCCCCC(=O)OC(COC(=O)CCCCCCCCCCCCCC)COC(=O)CCCCCCCCCCCCCC. The van der Waals surface area contributed by atoms with Crippen LogP contribution in [0, 0.1) is 0 Å². The van der Waals surface area contributed by atoms with E-state index in [0.717, 1.165) is 83.5 Å². The summed E-state index contributed by atoms with van der Waals surface area (Å²) >= 11 is 0. The Balaban J connectivity index is 4.39. The van der Waals surface area contributed by atoms with Crippen LogP contribution in [-0.4, -0.2) is 37.2 Å². The highest BCUT2D eigenvalue weighted by atomic mass is 16.6. The van der Waals surface area contributed by atoms with E-state index < -0.39 is 6.10 Å². The van der Waals surface area contributed by atoms with Gasteiger partial charge in [-0.05, 0) is 57.8 Å². The van der Waals surface area contributed by atoms with Crippen LogP contribution in [0.5, 0.6) is 0 Å². The fourth-order valence-electron chi connectivity index (χ4n) is 7.27. The Morgan fingerprint density at radius 3 is 0.983 bits per heavy atom. The van der Waals surface area contributed by atoms with Crippen molar-refractivity contribution in [3.63, 3.8) is 0 Å². The largest absolute Gasteiger partial charge is 0.462 e. The van der Waals surface area contributed by atoms with Gasteiger partial charge in [-0.2, -0.15) is 0 Å². The van der Waals surface area contributed by atoms with Crippen LogP contribution in [0.3, 0.4) is 0 Å². The molecule has 0 rings (SSSR count). The average molecular weight is 829 g/mol. The van der Waals surface area contributed by atoms with E-state index >= 15 is 0 Å². The van der Waals surface area contributed by atoms with Gasteiger partial charge in [0.05, 0.1) is 0 Å². The minimum absolute atomic E-state index is 0.0774. The first-order valence-electron chi connectivity index (χ1n) is 25.5. The highest BCUT2D eigenvalue weighted by Crippen LogP contribution is 2.15. The number of esters is 3. The van der Waals surface area contributed by atoms with E-state index in [9.17, 15) is 14.4 Å². The topological polar surface area (TPSA) is 78.9 Å². The molecule has 0 fully saturated rings. The van der Waals surface area contributed by atoms with E-state index in [0.29, 0.717) is 19.3 Å². The Hall–Kier alpha value is -2.37. The lowest BCUT2D eigenvalue weighted by Gasteiger charge is -2.18. The summed E-state index contributed by atoms with van der Waals surface area (Å²) in [5.74, 6) is -0.890. The zero-order valence-electron chi connectivity index (χ0n) is 39.3. The summed E-state index contributed by atoms with van der Waals surface area (Å²) < 4.78 is 16.8. The lowest BCUT2D eigenvalue weighted by molar-refractivity contribution is -0.167. The summed E-state index contributed by atoms with van der Waals surface area (Å²) in [4.78, 5) is 37.9. The molecule has 0 spiro atoms. The van der Waals surface area contributed by atoms with Gasteiger partial charge in [-0.15, -0.1) is 0 Å². The van der Waals surface area contributed by atoms with Gasteiger partial charge in [-0.1, -0.05) is 224 Å². The molecule has 0 unspecified atom stereocenters. The molecule has 0 atom stereocenters. The number of unbranched alkanes of at least 4 members (excludes halogenated alkanes) is 29. The molecule has 0 aliphatic heterocycles. The van der Waals surface area contributed by atoms with Crippen molar-refractivity contribution in [2.75, 3.05) is 13.2 Å². The van der Waals surface area contributed by atoms with Crippen LogP contribution in [0.1, 0.15) is 265 Å². The zero-order valence-corrected chi connectivity index (χ0v) is 39.3. The van der Waals surface area contributed by atoms with Gasteiger partial charge in [-0.3, -0.25) is 14.4 Å². The molecular formula is C53H96O6. The molecule has 0 aromatic rings. The van der Waals surface area contributed by atoms with Crippen molar-refractivity contribution in [3.8, 4) is 0 Å². The number of carbonyl (C=O) groups excluding carboxylic acids is 3. The Bertz CT molecular complexity index is 956. The molecule has 6 heteroatoms. The smallest absolute Gasteiger partial charge is 0.306 e. The lowest BCUT2D eigenvalue weighted by atomic mass is 10.0. The summed E-state index contributed by atoms with van der Waals surface area (Å²) in [7, 11) is 0. The normalized spacial score (nSPS) is 11.8. The molecule has 0 amide bonds. The van der Waals surface area contributed by atoms with Crippen LogP contribution in [0.15, 0.2) is 36.5 Å². The number of rotatable bonds is 46. The van der Waals surface area contributed by atoms with E-state index in [4.69, 9.17) is 14.2 Å². The van der Waals surface area contributed by atoms with Crippen LogP contribution < -0.4 is 0 Å². The van der Waals surface area contributed by atoms with E-state index in [1.165, 1.54) is 141 Å². The predicted molar refractivity (Wildman–Crippen MR) is 252 cm³/mol. The maximum absolute atomic E-state index is 12.8. The highest BCUT2D eigenvalue weighted by molar-refractivity contribution is 5.71. The zero-order chi connectivity index (χ0) is 43.0. The van der Waals surface area contributed by atoms with Crippen LogP contribution in [0.2, 0.25) is 0 Å². The lowest BCUT2D eigenvalue weighted by Crippen LogP contribution is -2.30. The Kier molecular flexibility index (Phi) is 46.4. The van der Waals surface area contributed by atoms with Gasteiger partial charge in [-0.25, -0.2) is 0 Å². The van der Waals surface area contributed by atoms with Crippen LogP contribution >= 0.6 is 0 Å². The summed E-state index contributed by atoms with van der Waals surface area (Å²) in [6.45, 7) is 6.60. The maximum Gasteiger partial charge on any atom is 0.306 e. The molecular weight excluding hydrogens is 733 g/mol. The first-order valence-corrected chi connectivity index (χ1v) is 25.5. The molecule has 59 heavy (non-hydrogen) atoms. The van der Waals surface area contributed by atoms with Gasteiger partial charge < -0.3 is 14.2 Å². The number of ether oxygens (including phenoxy) is 3. The third kappa shape index (κ3) is 46.5. The predicted octanol–water partition coefficient (Wildman–Crippen LogP) is 16.5. The second kappa shape index (κ2) is 48.3. The second-order valence-electron chi connectivity index (χ2n) is 17.1. The fourth-order valence-corrected chi connectivity index (χ4v) is 7.27. The van der Waals surface area contributed by atoms with Gasteiger partial charge in [0.2, 0.25) is 0 Å². The number of hydrogen-bond acceptors (Lipinski definition) is 6. The molecule has 0 radical (unpaired) electrons. The first kappa shape index (κ1) is 56.6. The van der Waals surface area contributed by atoms with Crippen molar-refractivity contribution in [2.24, 2.45) is 0 Å². The second-order valence-corrected chi connectivity index (χ2v) is 17.1. The van der Waals surface area contributed by atoms with Crippen molar-refractivity contribution in [1.82, 2.24) is 0 Å². The van der Waals surface area contributed by atoms with Crippen molar-refractivity contribution in [1.29, 1.82) is 0 Å². The van der Waals surface area contributed by atoms with E-state index in [-0.39, 0.29) is 31.1 Å². The average Bonchev–Trinajstić information content (AvgIpc) is 3.23. The molecule has 0 aliphatic carbocycles. The quantitative estimate of drug-likeness (QED) is 0.0263. The third-order valence-electron chi connectivity index (χ3n) is 11.1. The van der Waals surface area contributed by atoms with E-state index in [1.54, 1.807) is 0 Å². The Morgan fingerprint density at radius 2 is 0.610 bits per heavy atom. The summed E-state index contributed by atoms with van der Waals surface area (Å²) in [5, 5.41) is 0. The Morgan fingerprint density at radius 1 is 0.339 bits per heavy atom. The van der Waals surface area contributed by atoms with Crippen molar-refractivity contribution >= 4 is 17.9 Å². The van der Waals surface area contributed by atoms with Crippen LogP contribution in [-0.2, 0) is 28.6 Å². The number of allylic oxidation sites excluding steroid dienone is 6. The first-order chi connectivity index (χ1) is 29.0. The molecule has 0 N–H and O–H groups in total. The van der Waals surface area contributed by atoms with Crippen LogP contribution in [0.25, 0.3) is 0 Å². The minimum Gasteiger partial charge on any atom is -0.462 e. The van der Waals surface area contributed by atoms with Crippen molar-refractivity contribution < 1.29 is 28.6 Å². The summed E-state index contributed by atoms with van der Waals surface area (Å²) in [6.07, 6.45) is 55.5. The molecule has 0 saturated heterocycles. The maximum atomic E-state index is 12.8. The van der Waals surface area contributed by atoms with Gasteiger partial charge in [0.25, 0.3) is 0 Å². The minimum atomic E-state index is -0.777. The molecule has 0 saturated carbocycles. The van der Waals surface area contributed by atoms with Crippen molar-refractivity contribution in [2.45, 2.75) is 271 Å². The molecule has 344 valence electrons. The van der Waals surface area contributed by atoms with Crippen LogP contribution in [0.4, 0.5) is 0 Å². The molecule has 0 aromatic carbocycles. The molecule has 0 bridgehead atoms. The molecule has 0 heterocycles.